The van der Waals surface area contributed by atoms with E-state index in [4.69, 9.17) is 14.2 Å². The molecule has 3 aliphatic heterocycles. The van der Waals surface area contributed by atoms with E-state index < -0.39 is 11.7 Å². The summed E-state index contributed by atoms with van der Waals surface area (Å²) in [6.45, 7) is 7.83. The van der Waals surface area contributed by atoms with E-state index in [1.165, 1.54) is 0 Å². The number of esters is 1. The van der Waals surface area contributed by atoms with Crippen molar-refractivity contribution in [3.63, 3.8) is 0 Å². The monoisotopic (exact) mass is 280 g/mol. The van der Waals surface area contributed by atoms with Crippen molar-refractivity contribution in [2.45, 2.75) is 68.7 Å². The first-order valence-corrected chi connectivity index (χ1v) is 7.29. The summed E-state index contributed by atoms with van der Waals surface area (Å²) in [6.07, 6.45) is 1.26. The van der Waals surface area contributed by atoms with Crippen molar-refractivity contribution in [2.75, 3.05) is 0 Å². The van der Waals surface area contributed by atoms with Gasteiger partial charge in [0.25, 0.3) is 0 Å². The van der Waals surface area contributed by atoms with Gasteiger partial charge < -0.3 is 19.3 Å². The SMILES string of the molecule is C=C1C(=O)O[C@H]2[C@H]1C[C@@H](O)[C@@]1(C)O[C@@H]1CC[C@@]1(C)O[C@@H]21. The van der Waals surface area contributed by atoms with Gasteiger partial charge in [-0.15, -0.1) is 0 Å². The van der Waals surface area contributed by atoms with Crippen LogP contribution in [-0.2, 0) is 19.0 Å². The molecule has 1 N–H and O–H groups in total. The second kappa shape index (κ2) is 3.64. The molecule has 5 heteroatoms. The highest BCUT2D eigenvalue weighted by atomic mass is 16.7. The van der Waals surface area contributed by atoms with Crippen molar-refractivity contribution in [3.05, 3.63) is 12.2 Å². The zero-order valence-corrected chi connectivity index (χ0v) is 11.8. The Morgan fingerprint density at radius 3 is 2.85 bits per heavy atom. The van der Waals surface area contributed by atoms with Crippen LogP contribution in [0, 0.1) is 5.92 Å². The van der Waals surface area contributed by atoms with Crippen molar-refractivity contribution in [1.82, 2.24) is 0 Å². The molecule has 1 aliphatic carbocycles. The van der Waals surface area contributed by atoms with E-state index >= 15 is 0 Å². The second-order valence-corrected chi connectivity index (χ2v) is 6.93. The molecule has 4 aliphatic rings. The maximum absolute atomic E-state index is 11.8. The van der Waals surface area contributed by atoms with Crippen LogP contribution < -0.4 is 0 Å². The molecule has 0 unspecified atom stereocenters. The summed E-state index contributed by atoms with van der Waals surface area (Å²) < 4.78 is 17.0. The van der Waals surface area contributed by atoms with Crippen LogP contribution in [0.15, 0.2) is 12.2 Å². The predicted molar refractivity (Wildman–Crippen MR) is 68.9 cm³/mol. The third kappa shape index (κ3) is 1.57. The Bertz CT molecular complexity index is 502. The molecule has 4 rings (SSSR count). The van der Waals surface area contributed by atoms with E-state index in [0.717, 1.165) is 12.8 Å². The predicted octanol–water partition coefficient (Wildman–Crippen LogP) is 0.944. The fourth-order valence-electron chi connectivity index (χ4n) is 3.86. The molecule has 0 amide bonds. The van der Waals surface area contributed by atoms with Gasteiger partial charge in [-0.05, 0) is 33.1 Å². The molecule has 20 heavy (non-hydrogen) atoms. The Balaban J connectivity index is 1.66. The van der Waals surface area contributed by atoms with E-state index in [1.807, 2.05) is 6.92 Å². The second-order valence-electron chi connectivity index (χ2n) is 6.93. The average molecular weight is 280 g/mol. The molecular weight excluding hydrogens is 260 g/mol. The number of carbonyl (C=O) groups excluding carboxylic acids is 1. The fraction of sp³-hybridized carbons (Fsp3) is 0.800. The van der Waals surface area contributed by atoms with Gasteiger partial charge in [0.05, 0.1) is 17.8 Å². The smallest absolute Gasteiger partial charge is 0.334 e. The van der Waals surface area contributed by atoms with Gasteiger partial charge in [0, 0.05) is 11.5 Å². The number of rotatable bonds is 0. The number of hydrogen-bond acceptors (Lipinski definition) is 5. The molecule has 5 nitrogen and oxygen atoms in total. The molecule has 0 spiro atoms. The van der Waals surface area contributed by atoms with Gasteiger partial charge in [-0.2, -0.15) is 0 Å². The third-order valence-corrected chi connectivity index (χ3v) is 5.61. The number of ether oxygens (including phenoxy) is 3. The lowest BCUT2D eigenvalue weighted by atomic mass is 9.80. The first-order chi connectivity index (χ1) is 9.35. The molecule has 0 aromatic rings. The number of aliphatic hydroxyl groups is 1. The van der Waals surface area contributed by atoms with Crippen LogP contribution >= 0.6 is 0 Å². The molecule has 0 aromatic carbocycles. The van der Waals surface area contributed by atoms with Crippen LogP contribution in [0.3, 0.4) is 0 Å². The van der Waals surface area contributed by atoms with Gasteiger partial charge in [0.2, 0.25) is 0 Å². The number of carbonyl (C=O) groups is 1. The lowest BCUT2D eigenvalue weighted by Crippen LogP contribution is -2.37. The molecule has 7 atom stereocenters. The van der Waals surface area contributed by atoms with Crippen LogP contribution in [0.5, 0.6) is 0 Å². The molecule has 1 saturated carbocycles. The topological polar surface area (TPSA) is 71.6 Å². The van der Waals surface area contributed by atoms with E-state index in [2.05, 4.69) is 13.5 Å². The van der Waals surface area contributed by atoms with E-state index in [9.17, 15) is 9.90 Å². The normalized spacial score (nSPS) is 57.2. The molecule has 0 aromatic heterocycles. The summed E-state index contributed by atoms with van der Waals surface area (Å²) in [5.74, 6) is -0.535. The minimum atomic E-state index is -0.602. The van der Waals surface area contributed by atoms with Crippen LogP contribution in [0.4, 0.5) is 0 Å². The lowest BCUT2D eigenvalue weighted by Gasteiger charge is -2.24. The highest BCUT2D eigenvalue weighted by Crippen LogP contribution is 2.54. The van der Waals surface area contributed by atoms with Crippen molar-refractivity contribution in [1.29, 1.82) is 0 Å². The summed E-state index contributed by atoms with van der Waals surface area (Å²) in [5, 5.41) is 10.4. The van der Waals surface area contributed by atoms with E-state index in [0.29, 0.717) is 12.0 Å². The standard InChI is InChI=1S/C15H20O5/c1-7-8-6-9(16)15(3)10(19-15)4-5-14(2)12(20-14)11(8)18-13(7)17/h8-12,16H,1,4-6H2,2-3H3/t8-,9+,10+,11-,12-,14+,15+/m0/s1. The summed E-state index contributed by atoms with van der Waals surface area (Å²) in [4.78, 5) is 11.8. The zero-order chi connectivity index (χ0) is 14.3. The van der Waals surface area contributed by atoms with Gasteiger partial charge in [-0.1, -0.05) is 6.58 Å². The Labute approximate surface area is 117 Å². The van der Waals surface area contributed by atoms with Crippen LogP contribution in [0.2, 0.25) is 0 Å². The Hall–Kier alpha value is -0.910. The molecule has 4 fully saturated rings. The first kappa shape index (κ1) is 12.8. The molecule has 3 saturated heterocycles. The highest BCUT2D eigenvalue weighted by Gasteiger charge is 2.66. The van der Waals surface area contributed by atoms with Gasteiger partial charge in [0.1, 0.15) is 17.8 Å². The molecular formula is C15H20O5. The minimum absolute atomic E-state index is 0.0778. The molecule has 0 bridgehead atoms. The maximum atomic E-state index is 11.8. The van der Waals surface area contributed by atoms with Crippen LogP contribution in [0.25, 0.3) is 0 Å². The Morgan fingerprint density at radius 2 is 2.10 bits per heavy atom. The van der Waals surface area contributed by atoms with Crippen molar-refractivity contribution >= 4 is 5.97 Å². The zero-order valence-electron chi connectivity index (χ0n) is 11.8. The molecule has 0 radical (unpaired) electrons. The van der Waals surface area contributed by atoms with E-state index in [1.54, 1.807) is 0 Å². The minimum Gasteiger partial charge on any atom is -0.455 e. The van der Waals surface area contributed by atoms with Gasteiger partial charge in [-0.3, -0.25) is 0 Å². The first-order valence-electron chi connectivity index (χ1n) is 7.29. The maximum Gasteiger partial charge on any atom is 0.334 e. The van der Waals surface area contributed by atoms with Gasteiger partial charge >= 0.3 is 5.97 Å². The summed E-state index contributed by atoms with van der Waals surface area (Å²) in [6, 6.07) is 0. The summed E-state index contributed by atoms with van der Waals surface area (Å²) >= 11 is 0. The van der Waals surface area contributed by atoms with Crippen LogP contribution in [0.1, 0.15) is 33.1 Å². The van der Waals surface area contributed by atoms with E-state index in [-0.39, 0.29) is 35.8 Å². The summed E-state index contributed by atoms with van der Waals surface area (Å²) in [5.41, 5.74) is -0.273. The van der Waals surface area contributed by atoms with Gasteiger partial charge in [-0.25, -0.2) is 4.79 Å². The fourth-order valence-corrected chi connectivity index (χ4v) is 3.86. The lowest BCUT2D eigenvalue weighted by molar-refractivity contribution is -0.140. The largest absolute Gasteiger partial charge is 0.455 e. The van der Waals surface area contributed by atoms with Crippen molar-refractivity contribution in [2.24, 2.45) is 5.92 Å². The highest BCUT2D eigenvalue weighted by molar-refractivity contribution is 5.91. The number of fused-ring (bicyclic) bond motifs is 4. The molecule has 110 valence electrons. The average Bonchev–Trinajstić information content (AvgIpc) is 3.23. The third-order valence-electron chi connectivity index (χ3n) is 5.61. The Kier molecular flexibility index (Phi) is 2.33. The van der Waals surface area contributed by atoms with Crippen molar-refractivity contribution < 1.29 is 24.1 Å². The van der Waals surface area contributed by atoms with Gasteiger partial charge in [0.15, 0.2) is 0 Å². The summed E-state index contributed by atoms with van der Waals surface area (Å²) in [7, 11) is 0. The molecule has 3 heterocycles. The van der Waals surface area contributed by atoms with Crippen molar-refractivity contribution in [3.8, 4) is 0 Å². The van der Waals surface area contributed by atoms with Crippen LogP contribution in [-0.4, -0.2) is 46.7 Å². The number of aliphatic hydroxyl groups excluding tert-OH is 1. The number of epoxide rings is 2. The quantitative estimate of drug-likeness (QED) is 0.406. The Morgan fingerprint density at radius 1 is 1.35 bits per heavy atom. The number of hydrogen-bond donors (Lipinski definition) is 1.